The highest BCUT2D eigenvalue weighted by Gasteiger charge is 2.42. The Morgan fingerprint density at radius 3 is 1.53 bits per heavy atom. The molecule has 6 heterocycles. The van der Waals surface area contributed by atoms with Gasteiger partial charge in [-0.1, -0.05) is 24.3 Å². The van der Waals surface area contributed by atoms with Gasteiger partial charge in [0.25, 0.3) is 17.5 Å². The topological polar surface area (TPSA) is 142 Å². The van der Waals surface area contributed by atoms with Crippen LogP contribution in [0.5, 0.6) is 0 Å². The molecule has 64 heavy (non-hydrogen) atoms. The zero-order valence-corrected chi connectivity index (χ0v) is 37.7. The molecule has 0 spiro atoms. The van der Waals surface area contributed by atoms with Crippen LogP contribution in [0.15, 0.2) is 120 Å². The number of thiophene rings is 2. The van der Waals surface area contributed by atoms with Crippen molar-refractivity contribution in [2.24, 2.45) is 0 Å². The number of nitrogen functional groups attached to an aromatic ring is 1. The molecule has 0 bridgehead atoms. The number of benzene rings is 4. The molecule has 0 saturated carbocycles. The maximum atomic E-state index is 14.0. The van der Waals surface area contributed by atoms with E-state index in [2.05, 4.69) is 9.97 Å². The number of nitro benzene ring substituents is 1. The van der Waals surface area contributed by atoms with Gasteiger partial charge in [-0.05, 0) is 92.7 Å². The van der Waals surface area contributed by atoms with Gasteiger partial charge >= 0.3 is 0 Å². The van der Waals surface area contributed by atoms with Gasteiger partial charge in [0, 0.05) is 40.7 Å². The SMILES string of the molecule is Cc1nc(-c2ccc(C3N(C)c4ccc(F)cc4C(=O)N3c3ccccc3N)s2)cs1.Cc1nc(-c2ccc(C3N(C)c4ccc(F)cc4C(=O)N3c3ccccc3[N+](=O)[O-])s2)cs1. The summed E-state index contributed by atoms with van der Waals surface area (Å²) in [5.74, 6) is -1.78. The lowest BCUT2D eigenvalue weighted by Crippen LogP contribution is -2.48. The summed E-state index contributed by atoms with van der Waals surface area (Å²) in [7, 11) is 3.70. The van der Waals surface area contributed by atoms with Crippen LogP contribution >= 0.6 is 45.3 Å². The Morgan fingerprint density at radius 1 is 0.625 bits per heavy atom. The van der Waals surface area contributed by atoms with E-state index in [0.29, 0.717) is 28.3 Å². The van der Waals surface area contributed by atoms with E-state index >= 15 is 0 Å². The third kappa shape index (κ3) is 7.67. The molecule has 2 atom stereocenters. The number of aromatic nitrogens is 2. The number of anilines is 5. The highest BCUT2D eigenvalue weighted by molar-refractivity contribution is 7.16. The molecular formula is C46H36F2N8O4S4. The van der Waals surface area contributed by atoms with Crippen molar-refractivity contribution in [3.63, 3.8) is 0 Å². The quantitative estimate of drug-likeness (QED) is 0.0939. The molecule has 2 amide bonds. The summed E-state index contributed by atoms with van der Waals surface area (Å²) >= 11 is 6.21. The van der Waals surface area contributed by atoms with Gasteiger partial charge < -0.3 is 15.5 Å². The number of carbonyl (C=O) groups excluding carboxylic acids is 2. The van der Waals surface area contributed by atoms with Crippen LogP contribution in [0.1, 0.15) is 52.8 Å². The van der Waals surface area contributed by atoms with E-state index in [0.717, 1.165) is 40.9 Å². The molecule has 2 unspecified atom stereocenters. The van der Waals surface area contributed by atoms with Crippen LogP contribution in [0.2, 0.25) is 0 Å². The Kier molecular flexibility index (Phi) is 11.3. The first-order valence-corrected chi connectivity index (χ1v) is 23.0. The van der Waals surface area contributed by atoms with Gasteiger partial charge in [0.2, 0.25) is 0 Å². The molecule has 322 valence electrons. The fraction of sp³-hybridized carbons (Fsp3) is 0.130. The predicted octanol–water partition coefficient (Wildman–Crippen LogP) is 11.7. The molecule has 10 rings (SSSR count). The number of nitrogens with zero attached hydrogens (tertiary/aromatic N) is 7. The van der Waals surface area contributed by atoms with Crippen LogP contribution in [0.25, 0.3) is 21.1 Å². The van der Waals surface area contributed by atoms with Crippen molar-refractivity contribution in [1.29, 1.82) is 0 Å². The summed E-state index contributed by atoms with van der Waals surface area (Å²) < 4.78 is 28.0. The third-order valence-corrected chi connectivity index (χ3v) is 14.7. The number of fused-ring (bicyclic) bond motifs is 2. The van der Waals surface area contributed by atoms with Crippen molar-refractivity contribution >= 4 is 91.3 Å². The molecule has 2 N–H and O–H groups in total. The zero-order chi connectivity index (χ0) is 45.0. The maximum absolute atomic E-state index is 14.0. The number of halogens is 2. The molecule has 0 fully saturated rings. The third-order valence-electron chi connectivity index (χ3n) is 10.8. The Labute approximate surface area is 381 Å². The lowest BCUT2D eigenvalue weighted by Gasteiger charge is -2.43. The van der Waals surface area contributed by atoms with E-state index in [9.17, 15) is 28.5 Å². The van der Waals surface area contributed by atoms with Crippen LogP contribution < -0.4 is 25.3 Å². The van der Waals surface area contributed by atoms with Crippen LogP contribution in [0.3, 0.4) is 0 Å². The summed E-state index contributed by atoms with van der Waals surface area (Å²) in [6, 6.07) is 29.6. The molecule has 8 aromatic rings. The largest absolute Gasteiger partial charge is 0.397 e. The Hall–Kier alpha value is -6.86. The van der Waals surface area contributed by atoms with E-state index in [4.69, 9.17) is 5.73 Å². The Balaban J connectivity index is 0.000000162. The number of aryl methyl sites for hydroxylation is 2. The molecule has 4 aromatic carbocycles. The molecule has 0 saturated heterocycles. The zero-order valence-electron chi connectivity index (χ0n) is 34.4. The molecule has 0 radical (unpaired) electrons. The van der Waals surface area contributed by atoms with Gasteiger partial charge in [0.05, 0.1) is 70.0 Å². The van der Waals surface area contributed by atoms with Crippen LogP contribution in [0.4, 0.5) is 42.9 Å². The van der Waals surface area contributed by atoms with Crippen molar-refractivity contribution in [2.75, 3.05) is 39.4 Å². The normalized spacial score (nSPS) is 15.8. The van der Waals surface area contributed by atoms with Gasteiger partial charge in [0.1, 0.15) is 29.7 Å². The Bertz CT molecular complexity index is 3110. The van der Waals surface area contributed by atoms with E-state index in [-0.39, 0.29) is 22.8 Å². The standard InChI is InChI=1S/C23H17FN4O3S2.C23H19FN4OS2/c1-13-25-16(12-32-13)20-9-10-21(33-20)22-26(2)17-8-7-14(24)11-15(17)23(29)27(22)18-5-3-4-6-19(18)28(30)31;1-13-26-17(12-30-13)20-9-10-21(31-20)22-27(2)18-8-7-14(24)11-15(18)23(29)28(22)19-6-4-3-5-16(19)25/h3-12,22H,1-2H3;3-12,22H,25H2,1-2H3. The molecule has 18 heteroatoms. The van der Waals surface area contributed by atoms with Crippen LogP contribution in [-0.4, -0.2) is 40.8 Å². The van der Waals surface area contributed by atoms with E-state index in [1.165, 1.54) is 46.6 Å². The summed E-state index contributed by atoms with van der Waals surface area (Å²) in [6.45, 7) is 3.91. The summed E-state index contributed by atoms with van der Waals surface area (Å²) in [5.41, 5.74) is 10.8. The second kappa shape index (κ2) is 17.0. The molecule has 4 aromatic heterocycles. The summed E-state index contributed by atoms with van der Waals surface area (Å²) in [4.78, 5) is 58.2. The van der Waals surface area contributed by atoms with E-state index in [1.54, 1.807) is 82.4 Å². The lowest BCUT2D eigenvalue weighted by atomic mass is 10.0. The Morgan fingerprint density at radius 2 is 1.08 bits per heavy atom. The first-order chi connectivity index (χ1) is 30.8. The number of thiazole rings is 2. The summed E-state index contributed by atoms with van der Waals surface area (Å²) in [5, 5.41) is 17.7. The second-order valence-corrected chi connectivity index (χ2v) is 19.2. The number of nitro groups is 1. The number of para-hydroxylation sites is 4. The number of carbonyl (C=O) groups is 2. The minimum absolute atomic E-state index is 0.152. The first-order valence-electron chi connectivity index (χ1n) is 19.6. The first kappa shape index (κ1) is 42.4. The fourth-order valence-corrected chi connectivity index (χ4v) is 11.5. The van der Waals surface area contributed by atoms with Crippen LogP contribution in [-0.2, 0) is 0 Å². The van der Waals surface area contributed by atoms with Gasteiger partial charge in [-0.25, -0.2) is 18.7 Å². The number of rotatable bonds is 7. The van der Waals surface area contributed by atoms with E-state index < -0.39 is 34.8 Å². The minimum Gasteiger partial charge on any atom is -0.397 e. The van der Waals surface area contributed by atoms with Crippen molar-refractivity contribution in [1.82, 2.24) is 9.97 Å². The van der Waals surface area contributed by atoms with E-state index in [1.807, 2.05) is 83.9 Å². The predicted molar refractivity (Wildman–Crippen MR) is 253 cm³/mol. The van der Waals surface area contributed by atoms with Crippen molar-refractivity contribution < 1.29 is 23.3 Å². The molecule has 2 aliphatic rings. The number of hydrogen-bond acceptors (Lipinski definition) is 13. The fourth-order valence-electron chi connectivity index (χ4n) is 7.93. The number of nitrogens with two attached hydrogens (primary N) is 1. The van der Waals surface area contributed by atoms with Gasteiger partial charge in [-0.2, -0.15) is 0 Å². The molecule has 2 aliphatic heterocycles. The van der Waals surface area contributed by atoms with Crippen molar-refractivity contribution in [3.05, 3.63) is 173 Å². The number of amides is 2. The molecule has 0 aliphatic carbocycles. The maximum Gasteiger partial charge on any atom is 0.293 e. The molecule has 12 nitrogen and oxygen atoms in total. The van der Waals surface area contributed by atoms with Gasteiger partial charge in [-0.3, -0.25) is 29.5 Å². The average Bonchev–Trinajstić information content (AvgIpc) is 4.13. The monoisotopic (exact) mass is 930 g/mol. The van der Waals surface area contributed by atoms with Gasteiger partial charge in [0.15, 0.2) is 0 Å². The minimum atomic E-state index is -0.657. The summed E-state index contributed by atoms with van der Waals surface area (Å²) in [6.07, 6.45) is -1.08. The smallest absolute Gasteiger partial charge is 0.293 e. The average molecular weight is 931 g/mol. The van der Waals surface area contributed by atoms with Crippen molar-refractivity contribution in [2.45, 2.75) is 26.2 Å². The highest BCUT2D eigenvalue weighted by Crippen LogP contribution is 2.47. The molecular weight excluding hydrogens is 895 g/mol. The van der Waals surface area contributed by atoms with Crippen molar-refractivity contribution in [3.8, 4) is 21.1 Å². The number of hydrogen-bond donors (Lipinski definition) is 1. The van der Waals surface area contributed by atoms with Gasteiger partial charge in [-0.15, -0.1) is 45.3 Å². The highest BCUT2D eigenvalue weighted by atomic mass is 32.1. The van der Waals surface area contributed by atoms with Crippen LogP contribution in [0, 0.1) is 35.6 Å². The second-order valence-electron chi connectivity index (χ2n) is 14.9. The lowest BCUT2D eigenvalue weighted by molar-refractivity contribution is -0.384.